The Kier molecular flexibility index (Phi) is 8.34. The van der Waals surface area contributed by atoms with Crippen molar-refractivity contribution in [2.75, 3.05) is 23.3 Å². The van der Waals surface area contributed by atoms with Gasteiger partial charge in [0.05, 0.1) is 24.0 Å². The number of hydrogen-bond acceptors (Lipinski definition) is 5. The van der Waals surface area contributed by atoms with Gasteiger partial charge in [-0.25, -0.2) is 8.42 Å². The summed E-state index contributed by atoms with van der Waals surface area (Å²) in [5, 5.41) is 2.62. The van der Waals surface area contributed by atoms with Gasteiger partial charge in [-0.2, -0.15) is 13.2 Å². The Morgan fingerprint density at radius 3 is 2.27 bits per heavy atom. The molecule has 0 heterocycles. The maximum absolute atomic E-state index is 13.9. The second kappa shape index (κ2) is 11.7. The third kappa shape index (κ3) is 6.55. The van der Waals surface area contributed by atoms with E-state index in [1.54, 1.807) is 61.5 Å². The fraction of sp³-hybridized carbons (Fsp3) is 0.138. The van der Waals surface area contributed by atoms with Crippen LogP contribution in [0.5, 0.6) is 17.2 Å². The molecule has 208 valence electrons. The van der Waals surface area contributed by atoms with Gasteiger partial charge in [-0.15, -0.1) is 0 Å². The minimum absolute atomic E-state index is 0.0235. The molecule has 40 heavy (non-hydrogen) atoms. The van der Waals surface area contributed by atoms with Crippen molar-refractivity contribution in [1.29, 1.82) is 0 Å². The molecule has 0 aromatic heterocycles. The number of nitrogens with one attached hydrogen (secondary N) is 1. The van der Waals surface area contributed by atoms with Crippen LogP contribution in [0.3, 0.4) is 0 Å². The number of alkyl halides is 3. The van der Waals surface area contributed by atoms with Crippen LogP contribution in [0.4, 0.5) is 24.5 Å². The van der Waals surface area contributed by atoms with Crippen molar-refractivity contribution in [2.45, 2.75) is 18.0 Å². The van der Waals surface area contributed by atoms with Crippen LogP contribution in [0, 0.1) is 6.92 Å². The molecule has 0 aliphatic rings. The number of aryl methyl sites for hydroxylation is 1. The Balaban J connectivity index is 1.72. The van der Waals surface area contributed by atoms with Crippen LogP contribution < -0.4 is 19.1 Å². The fourth-order valence-corrected chi connectivity index (χ4v) is 5.51. The van der Waals surface area contributed by atoms with Crippen LogP contribution in [-0.2, 0) is 21.0 Å². The lowest BCUT2D eigenvalue weighted by molar-refractivity contribution is -0.137. The number of amides is 1. The molecule has 7 nitrogen and oxygen atoms in total. The quantitative estimate of drug-likeness (QED) is 0.244. The Morgan fingerprint density at radius 2 is 1.57 bits per heavy atom. The number of anilines is 2. The molecule has 1 N–H and O–H groups in total. The van der Waals surface area contributed by atoms with Crippen molar-refractivity contribution < 1.29 is 35.9 Å². The summed E-state index contributed by atoms with van der Waals surface area (Å²) in [6, 6.07) is 23.5. The van der Waals surface area contributed by atoms with Gasteiger partial charge in [-0.05, 0) is 67.1 Å². The number of benzene rings is 4. The van der Waals surface area contributed by atoms with Crippen LogP contribution in [0.1, 0.15) is 11.1 Å². The van der Waals surface area contributed by atoms with Crippen LogP contribution in [-0.4, -0.2) is 28.0 Å². The lowest BCUT2D eigenvalue weighted by atomic mass is 10.2. The topological polar surface area (TPSA) is 84.9 Å². The van der Waals surface area contributed by atoms with Gasteiger partial charge < -0.3 is 14.8 Å². The van der Waals surface area contributed by atoms with Crippen molar-refractivity contribution >= 4 is 27.3 Å². The van der Waals surface area contributed by atoms with Gasteiger partial charge in [0.25, 0.3) is 10.0 Å². The van der Waals surface area contributed by atoms with Crippen LogP contribution in [0.2, 0.25) is 0 Å². The summed E-state index contributed by atoms with van der Waals surface area (Å²) < 4.78 is 80.0. The number of nitrogens with zero attached hydrogens (tertiary/aromatic N) is 1. The molecule has 0 aliphatic carbocycles. The fourth-order valence-electron chi connectivity index (χ4n) is 3.85. The minimum Gasteiger partial charge on any atom is -0.495 e. The van der Waals surface area contributed by atoms with Gasteiger partial charge in [0.2, 0.25) is 5.91 Å². The van der Waals surface area contributed by atoms with Gasteiger partial charge in [0.15, 0.2) is 5.75 Å². The Morgan fingerprint density at radius 1 is 0.875 bits per heavy atom. The zero-order valence-corrected chi connectivity index (χ0v) is 22.3. The van der Waals surface area contributed by atoms with E-state index < -0.39 is 34.2 Å². The van der Waals surface area contributed by atoms with Crippen molar-refractivity contribution in [1.82, 2.24) is 0 Å². The van der Waals surface area contributed by atoms with Gasteiger partial charge in [0.1, 0.15) is 22.9 Å². The predicted octanol–water partition coefficient (Wildman–Crippen LogP) is 6.65. The number of ether oxygens (including phenoxy) is 2. The number of halogens is 3. The molecule has 0 aliphatic heterocycles. The van der Waals surface area contributed by atoms with Gasteiger partial charge >= 0.3 is 6.18 Å². The molecule has 0 saturated carbocycles. The Bertz CT molecular complexity index is 1610. The lowest BCUT2D eigenvalue weighted by Crippen LogP contribution is -2.38. The second-order valence-electron chi connectivity index (χ2n) is 8.67. The number of carbonyl (C=O) groups is 1. The zero-order valence-electron chi connectivity index (χ0n) is 21.5. The van der Waals surface area contributed by atoms with E-state index in [-0.39, 0.29) is 27.8 Å². The molecular formula is C29H25F3N2O5S. The number of methoxy groups -OCH3 is 1. The van der Waals surface area contributed by atoms with E-state index in [1.807, 2.05) is 6.07 Å². The van der Waals surface area contributed by atoms with Crippen molar-refractivity contribution in [3.8, 4) is 17.2 Å². The van der Waals surface area contributed by atoms with Gasteiger partial charge in [-0.3, -0.25) is 9.10 Å². The SMILES string of the molecule is COc1ccc(C)cc1S(=O)(=O)N(CC(=O)Nc1ccccc1Oc1ccccc1)c1cccc(C(F)(F)F)c1. The molecule has 0 spiro atoms. The molecule has 4 rings (SSSR count). The van der Waals surface area contributed by atoms with Crippen molar-refractivity contribution in [3.05, 3.63) is 108 Å². The predicted molar refractivity (Wildman–Crippen MR) is 145 cm³/mol. The molecule has 0 unspecified atom stereocenters. The molecular weight excluding hydrogens is 545 g/mol. The molecule has 1 amide bonds. The molecule has 4 aromatic carbocycles. The molecule has 11 heteroatoms. The Hall–Kier alpha value is -4.51. The highest BCUT2D eigenvalue weighted by molar-refractivity contribution is 7.93. The minimum atomic E-state index is -4.73. The number of rotatable bonds is 9. The van der Waals surface area contributed by atoms with Crippen molar-refractivity contribution in [3.63, 3.8) is 0 Å². The van der Waals surface area contributed by atoms with Crippen LogP contribution >= 0.6 is 0 Å². The first kappa shape index (κ1) is 28.5. The maximum atomic E-state index is 13.9. The third-order valence-electron chi connectivity index (χ3n) is 5.77. The molecule has 0 radical (unpaired) electrons. The average Bonchev–Trinajstić information content (AvgIpc) is 2.93. The zero-order chi connectivity index (χ0) is 28.9. The number of sulfonamides is 1. The highest BCUT2D eigenvalue weighted by Crippen LogP contribution is 2.35. The molecule has 0 atom stereocenters. The van der Waals surface area contributed by atoms with E-state index in [0.717, 1.165) is 12.1 Å². The third-order valence-corrected chi connectivity index (χ3v) is 7.56. The van der Waals surface area contributed by atoms with E-state index in [1.165, 1.54) is 25.3 Å². The van der Waals surface area contributed by atoms with E-state index in [0.29, 0.717) is 21.7 Å². The summed E-state index contributed by atoms with van der Waals surface area (Å²) in [6.07, 6.45) is -4.73. The molecule has 0 saturated heterocycles. The van der Waals surface area contributed by atoms with Gasteiger partial charge in [-0.1, -0.05) is 42.5 Å². The maximum Gasteiger partial charge on any atom is 0.416 e. The smallest absolute Gasteiger partial charge is 0.416 e. The first-order valence-electron chi connectivity index (χ1n) is 12.0. The monoisotopic (exact) mass is 570 g/mol. The van der Waals surface area contributed by atoms with Crippen LogP contribution in [0.15, 0.2) is 102 Å². The standard InChI is InChI=1S/C29H25F3N2O5S/c1-20-15-16-26(38-2)27(17-20)40(36,37)34(22-10-8-9-21(18-22)29(30,31)32)19-28(35)33-24-13-6-7-14-25(24)39-23-11-4-3-5-12-23/h3-18H,19H2,1-2H3,(H,33,35). The normalized spacial score (nSPS) is 11.5. The second-order valence-corrected chi connectivity index (χ2v) is 10.5. The van der Waals surface area contributed by atoms with Gasteiger partial charge in [0, 0.05) is 0 Å². The summed E-state index contributed by atoms with van der Waals surface area (Å²) in [5.74, 6) is -0.0406. The lowest BCUT2D eigenvalue weighted by Gasteiger charge is -2.26. The number of hydrogen-bond donors (Lipinski definition) is 1. The molecule has 4 aromatic rings. The largest absolute Gasteiger partial charge is 0.495 e. The first-order valence-corrected chi connectivity index (χ1v) is 13.4. The van der Waals surface area contributed by atoms with Crippen molar-refractivity contribution in [2.24, 2.45) is 0 Å². The highest BCUT2D eigenvalue weighted by atomic mass is 32.2. The summed E-state index contributed by atoms with van der Waals surface area (Å²) in [5.41, 5.74) is -0.600. The summed E-state index contributed by atoms with van der Waals surface area (Å²) in [6.45, 7) is 0.823. The molecule has 0 fully saturated rings. The van der Waals surface area contributed by atoms with E-state index in [9.17, 15) is 26.4 Å². The summed E-state index contributed by atoms with van der Waals surface area (Å²) in [4.78, 5) is 13.0. The molecule has 0 bridgehead atoms. The Labute approximate surface area is 229 Å². The average molecular weight is 571 g/mol. The number of para-hydroxylation sites is 3. The van der Waals surface area contributed by atoms with E-state index in [4.69, 9.17) is 9.47 Å². The van der Waals surface area contributed by atoms with E-state index >= 15 is 0 Å². The van der Waals surface area contributed by atoms with E-state index in [2.05, 4.69) is 5.32 Å². The number of carbonyl (C=O) groups excluding carboxylic acids is 1. The van der Waals surface area contributed by atoms with Crippen LogP contribution in [0.25, 0.3) is 0 Å². The highest BCUT2D eigenvalue weighted by Gasteiger charge is 2.34. The summed E-state index contributed by atoms with van der Waals surface area (Å²) in [7, 11) is -3.31. The summed E-state index contributed by atoms with van der Waals surface area (Å²) >= 11 is 0. The first-order chi connectivity index (χ1) is 19.0.